The number of para-hydroxylation sites is 2. The Morgan fingerprint density at radius 3 is 1.62 bits per heavy atom. The maximum absolute atomic E-state index is 2.55. The molecule has 0 bridgehead atoms. The fraction of sp³-hybridized carbons (Fsp3) is 0.167. The summed E-state index contributed by atoms with van der Waals surface area (Å²) in [6.07, 6.45) is 30.9. The van der Waals surface area contributed by atoms with Crippen LogP contribution in [0.1, 0.15) is 56.1 Å². The van der Waals surface area contributed by atoms with E-state index in [2.05, 4.69) is 186 Å². The van der Waals surface area contributed by atoms with Gasteiger partial charge in [-0.15, -0.1) is 0 Å². The van der Waals surface area contributed by atoms with Crippen LogP contribution in [0.2, 0.25) is 0 Å². The van der Waals surface area contributed by atoms with Gasteiger partial charge in [0.05, 0.1) is 6.04 Å². The van der Waals surface area contributed by atoms with Crippen LogP contribution in [-0.4, -0.2) is 6.04 Å². The molecule has 246 valence electrons. The Morgan fingerprint density at radius 2 is 1.04 bits per heavy atom. The van der Waals surface area contributed by atoms with Gasteiger partial charge in [0.15, 0.2) is 0 Å². The van der Waals surface area contributed by atoms with Crippen molar-refractivity contribution in [2.45, 2.75) is 51.0 Å². The fourth-order valence-corrected chi connectivity index (χ4v) is 7.67. The molecule has 0 spiro atoms. The van der Waals surface area contributed by atoms with E-state index in [1.54, 1.807) is 0 Å². The normalized spacial score (nSPS) is 18.6. The van der Waals surface area contributed by atoms with Crippen molar-refractivity contribution >= 4 is 28.2 Å². The van der Waals surface area contributed by atoms with E-state index in [1.807, 2.05) is 0 Å². The molecule has 4 aromatic rings. The lowest BCUT2D eigenvalue weighted by atomic mass is 9.88. The van der Waals surface area contributed by atoms with Crippen LogP contribution in [0.3, 0.4) is 0 Å². The van der Waals surface area contributed by atoms with Gasteiger partial charge < -0.3 is 9.80 Å². The number of hydrogen-bond acceptors (Lipinski definition) is 2. The van der Waals surface area contributed by atoms with Gasteiger partial charge in [-0.1, -0.05) is 127 Å². The summed E-state index contributed by atoms with van der Waals surface area (Å²) < 4.78 is 0. The Kier molecular flexibility index (Phi) is 9.42. The molecular formula is C48H44N2. The van der Waals surface area contributed by atoms with Crippen LogP contribution in [0.15, 0.2) is 199 Å². The van der Waals surface area contributed by atoms with Crippen molar-refractivity contribution in [1.82, 2.24) is 0 Å². The van der Waals surface area contributed by atoms with Crippen LogP contribution in [0, 0.1) is 0 Å². The molecule has 0 aliphatic heterocycles. The van der Waals surface area contributed by atoms with Crippen molar-refractivity contribution in [1.29, 1.82) is 0 Å². The lowest BCUT2D eigenvalue weighted by molar-refractivity contribution is 0.713. The van der Waals surface area contributed by atoms with Crippen molar-refractivity contribution < 1.29 is 0 Å². The third-order valence-electron chi connectivity index (χ3n) is 10.3. The van der Waals surface area contributed by atoms with Crippen LogP contribution in [0.25, 0.3) is 11.1 Å². The van der Waals surface area contributed by atoms with E-state index in [4.69, 9.17) is 0 Å². The molecule has 8 rings (SSSR count). The fourth-order valence-electron chi connectivity index (χ4n) is 7.67. The Morgan fingerprint density at radius 1 is 0.460 bits per heavy atom. The van der Waals surface area contributed by atoms with Gasteiger partial charge in [-0.2, -0.15) is 0 Å². The zero-order valence-corrected chi connectivity index (χ0v) is 28.7. The van der Waals surface area contributed by atoms with Crippen LogP contribution in [0.4, 0.5) is 17.1 Å². The first-order chi connectivity index (χ1) is 24.8. The molecule has 4 aromatic carbocycles. The highest BCUT2D eigenvalue weighted by Gasteiger charge is 2.25. The summed E-state index contributed by atoms with van der Waals surface area (Å²) >= 11 is 0. The summed E-state index contributed by atoms with van der Waals surface area (Å²) in [4.78, 5) is 4.99. The molecule has 1 unspecified atom stereocenters. The van der Waals surface area contributed by atoms with E-state index in [0.717, 1.165) is 44.9 Å². The standard InChI is InChI=1S/C48H44N2/c1-5-13-37(14-6-1)39-21-29-45(30-22-39)49(43-17-9-3-10-18-43)47-33-25-41(26-34-47)42-27-35-48(36-28-42)50(44-19-11-4-12-20-44)46-31-23-40(24-32-46)38-15-7-2-8-16-38/h1,3-7,9-25,27,29,31-33,35,45H,2,8,26,28,30,34,36H2. The van der Waals surface area contributed by atoms with Crippen LogP contribution >= 0.6 is 0 Å². The number of anilines is 3. The minimum atomic E-state index is 0.291. The smallest absolute Gasteiger partial charge is 0.0557 e. The van der Waals surface area contributed by atoms with Gasteiger partial charge in [-0.25, -0.2) is 0 Å². The predicted molar refractivity (Wildman–Crippen MR) is 213 cm³/mol. The molecule has 0 amide bonds. The van der Waals surface area contributed by atoms with E-state index in [9.17, 15) is 0 Å². The number of nitrogens with zero attached hydrogens (tertiary/aromatic N) is 2. The summed E-state index contributed by atoms with van der Waals surface area (Å²) in [5, 5.41) is 0. The van der Waals surface area contributed by atoms with Crippen molar-refractivity contribution in [2.24, 2.45) is 0 Å². The number of hydrogen-bond donors (Lipinski definition) is 0. The molecule has 0 radical (unpaired) electrons. The summed E-state index contributed by atoms with van der Waals surface area (Å²) in [5.41, 5.74) is 14.5. The molecule has 4 aliphatic carbocycles. The molecule has 4 aliphatic rings. The first kappa shape index (κ1) is 31.7. The second-order valence-electron chi connectivity index (χ2n) is 13.5. The van der Waals surface area contributed by atoms with Crippen molar-refractivity contribution in [3.8, 4) is 0 Å². The molecule has 0 aromatic heterocycles. The van der Waals surface area contributed by atoms with Gasteiger partial charge in [0.1, 0.15) is 0 Å². The van der Waals surface area contributed by atoms with Crippen molar-refractivity contribution in [2.75, 3.05) is 9.80 Å². The largest absolute Gasteiger partial charge is 0.338 e. The SMILES string of the molecule is C1=CC(c2ccc(N(C3=CC=C(C4=CC=C(N(c5ccccc5)C5C=CC(c6ccccc6)=CC5)CC4)CC3)c3ccccc3)cc2)=CCC1. The third-order valence-corrected chi connectivity index (χ3v) is 10.3. The van der Waals surface area contributed by atoms with Crippen LogP contribution in [0.5, 0.6) is 0 Å². The van der Waals surface area contributed by atoms with Crippen molar-refractivity contribution in [3.05, 3.63) is 210 Å². The predicted octanol–water partition coefficient (Wildman–Crippen LogP) is 12.7. The Hall–Kier alpha value is -5.60. The summed E-state index contributed by atoms with van der Waals surface area (Å²) in [5.74, 6) is 0. The second-order valence-corrected chi connectivity index (χ2v) is 13.5. The highest BCUT2D eigenvalue weighted by atomic mass is 15.2. The zero-order valence-electron chi connectivity index (χ0n) is 28.7. The molecular weight excluding hydrogens is 605 g/mol. The highest BCUT2D eigenvalue weighted by molar-refractivity contribution is 5.78. The Bertz CT molecular complexity index is 2050. The Labute approximate surface area is 297 Å². The first-order valence-electron chi connectivity index (χ1n) is 18.2. The minimum Gasteiger partial charge on any atom is -0.338 e. The Balaban J connectivity index is 1.03. The molecule has 50 heavy (non-hydrogen) atoms. The minimum absolute atomic E-state index is 0.291. The van der Waals surface area contributed by atoms with E-state index < -0.39 is 0 Å². The monoisotopic (exact) mass is 648 g/mol. The third kappa shape index (κ3) is 6.93. The maximum atomic E-state index is 2.55. The molecule has 0 fully saturated rings. The summed E-state index contributed by atoms with van der Waals surface area (Å²) in [6, 6.07) is 41.8. The van der Waals surface area contributed by atoms with Gasteiger partial charge in [-0.3, -0.25) is 0 Å². The lowest BCUT2D eigenvalue weighted by Gasteiger charge is -2.36. The second kappa shape index (κ2) is 14.9. The van der Waals surface area contributed by atoms with Crippen molar-refractivity contribution in [3.63, 3.8) is 0 Å². The van der Waals surface area contributed by atoms with E-state index in [1.165, 1.54) is 61.9 Å². The number of benzene rings is 4. The average molecular weight is 649 g/mol. The zero-order chi connectivity index (χ0) is 33.5. The maximum Gasteiger partial charge on any atom is 0.0557 e. The van der Waals surface area contributed by atoms with Gasteiger partial charge in [0.2, 0.25) is 0 Å². The van der Waals surface area contributed by atoms with Gasteiger partial charge in [0, 0.05) is 28.5 Å². The average Bonchev–Trinajstić information content (AvgIpc) is 3.21. The van der Waals surface area contributed by atoms with Crippen LogP contribution in [-0.2, 0) is 0 Å². The molecule has 0 saturated carbocycles. The van der Waals surface area contributed by atoms with Gasteiger partial charge in [0.25, 0.3) is 0 Å². The molecule has 1 atom stereocenters. The lowest BCUT2D eigenvalue weighted by Crippen LogP contribution is -2.34. The van der Waals surface area contributed by atoms with Gasteiger partial charge >= 0.3 is 0 Å². The number of allylic oxidation sites excluding steroid dienone is 14. The quantitative estimate of drug-likeness (QED) is 0.178. The molecule has 0 heterocycles. The molecule has 2 heteroatoms. The highest BCUT2D eigenvalue weighted by Crippen LogP contribution is 2.39. The molecule has 0 saturated heterocycles. The molecule has 2 nitrogen and oxygen atoms in total. The summed E-state index contributed by atoms with van der Waals surface area (Å²) in [7, 11) is 0. The first-order valence-corrected chi connectivity index (χ1v) is 18.2. The van der Waals surface area contributed by atoms with E-state index in [0.29, 0.717) is 6.04 Å². The molecule has 0 N–H and O–H groups in total. The van der Waals surface area contributed by atoms with E-state index >= 15 is 0 Å². The topological polar surface area (TPSA) is 6.48 Å². The van der Waals surface area contributed by atoms with Gasteiger partial charge in [-0.05, 0) is 127 Å². The summed E-state index contributed by atoms with van der Waals surface area (Å²) in [6.45, 7) is 0. The number of rotatable bonds is 9. The van der Waals surface area contributed by atoms with Crippen LogP contribution < -0.4 is 9.80 Å². The van der Waals surface area contributed by atoms with E-state index in [-0.39, 0.29) is 0 Å².